The zero-order valence-electron chi connectivity index (χ0n) is 8.32. The van der Waals surface area contributed by atoms with Gasteiger partial charge in [0, 0.05) is 0 Å². The molecule has 1 aromatic carbocycles. The molecular formula is C11H15NO2. The lowest BCUT2D eigenvalue weighted by Crippen LogP contribution is -2.16. The van der Waals surface area contributed by atoms with Crippen LogP contribution in [-0.4, -0.2) is 19.8 Å². The Morgan fingerprint density at radius 1 is 1.29 bits per heavy atom. The topological polar surface area (TPSA) is 44.5 Å². The zero-order valence-corrected chi connectivity index (χ0v) is 8.32. The molecule has 1 aliphatic heterocycles. The average molecular weight is 193 g/mol. The molecule has 76 valence electrons. The van der Waals surface area contributed by atoms with Gasteiger partial charge in [-0.25, -0.2) is 0 Å². The van der Waals surface area contributed by atoms with E-state index in [1.165, 1.54) is 5.56 Å². The molecule has 1 aromatic rings. The Bertz CT molecular complexity index is 325. The summed E-state index contributed by atoms with van der Waals surface area (Å²) >= 11 is 0. The maximum absolute atomic E-state index is 5.61. The molecule has 3 heteroatoms. The second-order valence-corrected chi connectivity index (χ2v) is 3.54. The van der Waals surface area contributed by atoms with E-state index in [-0.39, 0.29) is 0 Å². The highest BCUT2D eigenvalue weighted by molar-refractivity contribution is 5.44. The first kappa shape index (κ1) is 9.34. The van der Waals surface area contributed by atoms with Gasteiger partial charge in [0.25, 0.3) is 0 Å². The Morgan fingerprint density at radius 3 is 2.71 bits per heavy atom. The van der Waals surface area contributed by atoms with Gasteiger partial charge in [-0.3, -0.25) is 0 Å². The molecule has 0 bridgehead atoms. The van der Waals surface area contributed by atoms with Gasteiger partial charge in [-0.15, -0.1) is 0 Å². The van der Waals surface area contributed by atoms with Crippen LogP contribution < -0.4 is 15.2 Å². The van der Waals surface area contributed by atoms with E-state index < -0.39 is 0 Å². The molecule has 0 amide bonds. The van der Waals surface area contributed by atoms with Crippen LogP contribution in [-0.2, 0) is 0 Å². The SMILES string of the molecule is C[C@@H](CN)c1ccc2c(c1)OCCO2. The number of benzene rings is 1. The lowest BCUT2D eigenvalue weighted by molar-refractivity contribution is 0.171. The number of ether oxygens (including phenoxy) is 2. The minimum absolute atomic E-state index is 0.367. The van der Waals surface area contributed by atoms with Crippen molar-refractivity contribution < 1.29 is 9.47 Å². The predicted octanol–water partition coefficient (Wildman–Crippen LogP) is 1.52. The first-order chi connectivity index (χ1) is 6.81. The van der Waals surface area contributed by atoms with E-state index in [0.29, 0.717) is 25.7 Å². The van der Waals surface area contributed by atoms with Crippen molar-refractivity contribution in [1.82, 2.24) is 0 Å². The molecule has 2 rings (SSSR count). The van der Waals surface area contributed by atoms with Crippen molar-refractivity contribution in [3.63, 3.8) is 0 Å². The van der Waals surface area contributed by atoms with E-state index in [1.807, 2.05) is 18.2 Å². The van der Waals surface area contributed by atoms with Crippen molar-refractivity contribution in [3.05, 3.63) is 23.8 Å². The molecule has 0 fully saturated rings. The maximum Gasteiger partial charge on any atom is 0.161 e. The normalized spacial score (nSPS) is 16.4. The summed E-state index contributed by atoms with van der Waals surface area (Å²) in [4.78, 5) is 0. The smallest absolute Gasteiger partial charge is 0.161 e. The summed E-state index contributed by atoms with van der Waals surface area (Å²) in [5, 5.41) is 0. The van der Waals surface area contributed by atoms with Crippen molar-refractivity contribution in [2.24, 2.45) is 5.73 Å². The van der Waals surface area contributed by atoms with Crippen LogP contribution in [0.15, 0.2) is 18.2 Å². The fourth-order valence-electron chi connectivity index (χ4n) is 1.50. The highest BCUT2D eigenvalue weighted by Gasteiger charge is 2.13. The van der Waals surface area contributed by atoms with Gasteiger partial charge in [0.15, 0.2) is 11.5 Å². The Labute approximate surface area is 83.8 Å². The van der Waals surface area contributed by atoms with Crippen LogP contribution in [0.1, 0.15) is 18.4 Å². The Balaban J connectivity index is 2.29. The predicted molar refractivity (Wildman–Crippen MR) is 54.9 cm³/mol. The van der Waals surface area contributed by atoms with Gasteiger partial charge in [0.1, 0.15) is 13.2 Å². The van der Waals surface area contributed by atoms with Crippen LogP contribution in [0.2, 0.25) is 0 Å². The molecule has 0 radical (unpaired) electrons. The van der Waals surface area contributed by atoms with Crippen LogP contribution in [0.3, 0.4) is 0 Å². The lowest BCUT2D eigenvalue weighted by atomic mass is 10.0. The second-order valence-electron chi connectivity index (χ2n) is 3.54. The Kier molecular flexibility index (Phi) is 2.59. The van der Waals surface area contributed by atoms with Gasteiger partial charge >= 0.3 is 0 Å². The zero-order chi connectivity index (χ0) is 9.97. The van der Waals surface area contributed by atoms with Crippen molar-refractivity contribution in [2.75, 3.05) is 19.8 Å². The number of fused-ring (bicyclic) bond motifs is 1. The number of rotatable bonds is 2. The molecule has 0 saturated heterocycles. The van der Waals surface area contributed by atoms with Crippen molar-refractivity contribution in [1.29, 1.82) is 0 Å². The van der Waals surface area contributed by atoms with Crippen LogP contribution in [0.4, 0.5) is 0 Å². The van der Waals surface area contributed by atoms with E-state index in [9.17, 15) is 0 Å². The first-order valence-corrected chi connectivity index (χ1v) is 4.91. The van der Waals surface area contributed by atoms with Crippen molar-refractivity contribution in [2.45, 2.75) is 12.8 Å². The van der Waals surface area contributed by atoms with Gasteiger partial charge in [-0.2, -0.15) is 0 Å². The molecular weight excluding hydrogens is 178 g/mol. The maximum atomic E-state index is 5.61. The van der Waals surface area contributed by atoms with Crippen molar-refractivity contribution in [3.8, 4) is 11.5 Å². The largest absolute Gasteiger partial charge is 0.486 e. The van der Waals surface area contributed by atoms with Gasteiger partial charge in [-0.05, 0) is 30.2 Å². The summed E-state index contributed by atoms with van der Waals surface area (Å²) in [6, 6.07) is 6.02. The van der Waals surface area contributed by atoms with E-state index in [0.717, 1.165) is 11.5 Å². The third-order valence-corrected chi connectivity index (χ3v) is 2.49. The molecule has 14 heavy (non-hydrogen) atoms. The van der Waals surface area contributed by atoms with Gasteiger partial charge in [0.05, 0.1) is 0 Å². The highest BCUT2D eigenvalue weighted by atomic mass is 16.6. The van der Waals surface area contributed by atoms with Crippen LogP contribution in [0, 0.1) is 0 Å². The third-order valence-electron chi connectivity index (χ3n) is 2.49. The van der Waals surface area contributed by atoms with E-state index in [2.05, 4.69) is 6.92 Å². The van der Waals surface area contributed by atoms with Crippen LogP contribution >= 0.6 is 0 Å². The molecule has 1 heterocycles. The summed E-state index contributed by atoms with van der Waals surface area (Å²) in [6.07, 6.45) is 0. The van der Waals surface area contributed by atoms with Crippen LogP contribution in [0.5, 0.6) is 11.5 Å². The first-order valence-electron chi connectivity index (χ1n) is 4.91. The quantitative estimate of drug-likeness (QED) is 0.774. The minimum atomic E-state index is 0.367. The Morgan fingerprint density at radius 2 is 2.00 bits per heavy atom. The average Bonchev–Trinajstić information content (AvgIpc) is 2.27. The van der Waals surface area contributed by atoms with Gasteiger partial charge in [-0.1, -0.05) is 13.0 Å². The number of hydrogen-bond donors (Lipinski definition) is 1. The molecule has 2 N–H and O–H groups in total. The van der Waals surface area contributed by atoms with Crippen LogP contribution in [0.25, 0.3) is 0 Å². The molecule has 0 unspecified atom stereocenters. The minimum Gasteiger partial charge on any atom is -0.486 e. The van der Waals surface area contributed by atoms with Crippen molar-refractivity contribution >= 4 is 0 Å². The summed E-state index contributed by atoms with van der Waals surface area (Å²) < 4.78 is 10.9. The summed E-state index contributed by atoms with van der Waals surface area (Å²) in [7, 11) is 0. The molecule has 0 aromatic heterocycles. The summed E-state index contributed by atoms with van der Waals surface area (Å²) in [5.41, 5.74) is 6.81. The molecule has 1 atom stereocenters. The van der Waals surface area contributed by atoms with E-state index >= 15 is 0 Å². The summed E-state index contributed by atoms with van der Waals surface area (Å²) in [5.74, 6) is 2.05. The standard InChI is InChI=1S/C11H15NO2/c1-8(7-12)9-2-3-10-11(6-9)14-5-4-13-10/h2-3,6,8H,4-5,7,12H2,1H3/t8-/m0/s1. The van der Waals surface area contributed by atoms with E-state index in [4.69, 9.17) is 15.2 Å². The van der Waals surface area contributed by atoms with E-state index in [1.54, 1.807) is 0 Å². The molecule has 3 nitrogen and oxygen atoms in total. The molecule has 0 saturated carbocycles. The fourth-order valence-corrected chi connectivity index (χ4v) is 1.50. The molecule has 0 spiro atoms. The fraction of sp³-hybridized carbons (Fsp3) is 0.455. The monoisotopic (exact) mass is 193 g/mol. The lowest BCUT2D eigenvalue weighted by Gasteiger charge is -2.20. The Hall–Kier alpha value is -1.22. The highest BCUT2D eigenvalue weighted by Crippen LogP contribution is 2.32. The molecule has 1 aliphatic rings. The van der Waals surface area contributed by atoms with Gasteiger partial charge in [0.2, 0.25) is 0 Å². The number of hydrogen-bond acceptors (Lipinski definition) is 3. The third kappa shape index (κ3) is 1.68. The van der Waals surface area contributed by atoms with Gasteiger partial charge < -0.3 is 15.2 Å². The molecule has 0 aliphatic carbocycles. The second kappa shape index (κ2) is 3.88. The number of nitrogens with two attached hydrogens (primary N) is 1. The summed E-state index contributed by atoms with van der Waals surface area (Å²) in [6.45, 7) is 4.03.